The van der Waals surface area contributed by atoms with E-state index in [1.54, 1.807) is 18.0 Å². The fourth-order valence-corrected chi connectivity index (χ4v) is 3.35. The van der Waals surface area contributed by atoms with E-state index in [9.17, 15) is 4.79 Å². The Morgan fingerprint density at radius 2 is 1.80 bits per heavy atom. The van der Waals surface area contributed by atoms with Crippen molar-refractivity contribution in [2.75, 3.05) is 0 Å². The second kappa shape index (κ2) is 8.53. The van der Waals surface area contributed by atoms with Crippen LogP contribution in [0.3, 0.4) is 0 Å². The molecular weight excluding hydrogens is 330 g/mol. The molecule has 0 aliphatic carbocycles. The Bertz CT molecular complexity index is 786. The number of nitrogens with zero attached hydrogens (tertiary/aromatic N) is 2. The van der Waals surface area contributed by atoms with Crippen LogP contribution in [0.5, 0.6) is 0 Å². The molecule has 25 heavy (non-hydrogen) atoms. The molecule has 3 aromatic rings. The van der Waals surface area contributed by atoms with Crippen molar-refractivity contribution in [3.8, 4) is 0 Å². The SMILES string of the molecule is C[C@H](Sc1ccccc1)C(=O)NCc1ccc(Cn2cccn2)cc1. The van der Waals surface area contributed by atoms with Gasteiger partial charge in [0.25, 0.3) is 0 Å². The molecule has 5 heteroatoms. The van der Waals surface area contributed by atoms with Crippen molar-refractivity contribution < 1.29 is 4.79 Å². The van der Waals surface area contributed by atoms with E-state index in [-0.39, 0.29) is 11.2 Å². The quantitative estimate of drug-likeness (QED) is 0.660. The predicted molar refractivity (Wildman–Crippen MR) is 101 cm³/mol. The third-order valence-corrected chi connectivity index (χ3v) is 4.93. The molecule has 1 heterocycles. The van der Waals surface area contributed by atoms with Crippen molar-refractivity contribution in [3.63, 3.8) is 0 Å². The Hall–Kier alpha value is -2.53. The minimum Gasteiger partial charge on any atom is -0.351 e. The number of nitrogens with one attached hydrogen (secondary N) is 1. The lowest BCUT2D eigenvalue weighted by molar-refractivity contribution is -0.120. The molecule has 4 nitrogen and oxygen atoms in total. The Morgan fingerprint density at radius 3 is 2.48 bits per heavy atom. The topological polar surface area (TPSA) is 46.9 Å². The summed E-state index contributed by atoms with van der Waals surface area (Å²) in [7, 11) is 0. The largest absolute Gasteiger partial charge is 0.351 e. The van der Waals surface area contributed by atoms with Gasteiger partial charge in [0, 0.05) is 23.8 Å². The van der Waals surface area contributed by atoms with Gasteiger partial charge in [0.2, 0.25) is 5.91 Å². The highest BCUT2D eigenvalue weighted by Crippen LogP contribution is 2.22. The summed E-state index contributed by atoms with van der Waals surface area (Å²) in [4.78, 5) is 13.4. The molecule has 0 aliphatic rings. The first kappa shape index (κ1) is 17.3. The highest BCUT2D eigenvalue weighted by molar-refractivity contribution is 8.00. The van der Waals surface area contributed by atoms with Crippen LogP contribution in [-0.4, -0.2) is 20.9 Å². The van der Waals surface area contributed by atoms with E-state index in [1.165, 1.54) is 5.56 Å². The average molecular weight is 351 g/mol. The first-order valence-electron chi connectivity index (χ1n) is 8.25. The second-order valence-corrected chi connectivity index (χ2v) is 7.23. The summed E-state index contributed by atoms with van der Waals surface area (Å²) < 4.78 is 1.89. The highest BCUT2D eigenvalue weighted by atomic mass is 32.2. The first-order valence-corrected chi connectivity index (χ1v) is 9.13. The standard InChI is InChI=1S/C20H21N3OS/c1-16(25-19-6-3-2-4-7-19)20(24)21-14-17-8-10-18(11-9-17)15-23-13-5-12-22-23/h2-13,16H,14-15H2,1H3,(H,21,24)/t16-/m0/s1. The number of amides is 1. The van der Waals surface area contributed by atoms with Crippen molar-refractivity contribution in [2.45, 2.75) is 30.2 Å². The van der Waals surface area contributed by atoms with Gasteiger partial charge in [-0.2, -0.15) is 5.10 Å². The number of thioether (sulfide) groups is 1. The Kier molecular flexibility index (Phi) is 5.90. The first-order chi connectivity index (χ1) is 12.2. The molecule has 3 rings (SSSR count). The van der Waals surface area contributed by atoms with Crippen LogP contribution in [0.25, 0.3) is 0 Å². The number of rotatable bonds is 7. The average Bonchev–Trinajstić information content (AvgIpc) is 3.14. The zero-order valence-electron chi connectivity index (χ0n) is 14.1. The molecular formula is C20H21N3OS. The summed E-state index contributed by atoms with van der Waals surface area (Å²) in [5.74, 6) is 0.0504. The van der Waals surface area contributed by atoms with Crippen LogP contribution in [0.1, 0.15) is 18.1 Å². The van der Waals surface area contributed by atoms with Crippen molar-refractivity contribution in [1.82, 2.24) is 15.1 Å². The lowest BCUT2D eigenvalue weighted by atomic mass is 10.1. The minimum absolute atomic E-state index is 0.0504. The molecule has 1 aromatic heterocycles. The summed E-state index contributed by atoms with van der Waals surface area (Å²) in [6.07, 6.45) is 3.72. The molecule has 0 aliphatic heterocycles. The van der Waals surface area contributed by atoms with Crippen LogP contribution in [0.4, 0.5) is 0 Å². The molecule has 0 bridgehead atoms. The zero-order chi connectivity index (χ0) is 17.5. The van der Waals surface area contributed by atoms with Crippen molar-refractivity contribution in [2.24, 2.45) is 0 Å². The predicted octanol–water partition coefficient (Wildman–Crippen LogP) is 3.73. The monoisotopic (exact) mass is 351 g/mol. The third-order valence-electron chi connectivity index (χ3n) is 3.82. The fraction of sp³-hybridized carbons (Fsp3) is 0.200. The van der Waals surface area contributed by atoms with Gasteiger partial charge >= 0.3 is 0 Å². The minimum atomic E-state index is -0.124. The summed E-state index contributed by atoms with van der Waals surface area (Å²) in [6, 6.07) is 20.2. The maximum atomic E-state index is 12.3. The van der Waals surface area contributed by atoms with E-state index >= 15 is 0 Å². The van der Waals surface area contributed by atoms with Crippen LogP contribution >= 0.6 is 11.8 Å². The van der Waals surface area contributed by atoms with Gasteiger partial charge in [-0.1, -0.05) is 42.5 Å². The number of carbonyl (C=O) groups is 1. The second-order valence-electron chi connectivity index (χ2n) is 5.81. The molecule has 0 saturated carbocycles. The van der Waals surface area contributed by atoms with Gasteiger partial charge in [0.1, 0.15) is 0 Å². The van der Waals surface area contributed by atoms with Gasteiger partial charge in [0.15, 0.2) is 0 Å². The molecule has 0 spiro atoms. The van der Waals surface area contributed by atoms with Crippen LogP contribution in [0.15, 0.2) is 78.0 Å². The van der Waals surface area contributed by atoms with Crippen molar-refractivity contribution in [3.05, 3.63) is 84.2 Å². The van der Waals surface area contributed by atoms with Crippen LogP contribution in [0, 0.1) is 0 Å². The number of aromatic nitrogens is 2. The zero-order valence-corrected chi connectivity index (χ0v) is 14.9. The van der Waals surface area contributed by atoms with Crippen molar-refractivity contribution in [1.29, 1.82) is 0 Å². The van der Waals surface area contributed by atoms with Gasteiger partial charge in [-0.25, -0.2) is 0 Å². The summed E-state index contributed by atoms with van der Waals surface area (Å²) >= 11 is 1.57. The van der Waals surface area contributed by atoms with E-state index in [4.69, 9.17) is 0 Å². The lowest BCUT2D eigenvalue weighted by Crippen LogP contribution is -2.30. The van der Waals surface area contributed by atoms with Gasteiger partial charge in [0.05, 0.1) is 11.8 Å². The Morgan fingerprint density at radius 1 is 1.08 bits per heavy atom. The summed E-state index contributed by atoms with van der Waals surface area (Å²) in [6.45, 7) is 3.23. The Labute approximate surface area is 152 Å². The van der Waals surface area contributed by atoms with Gasteiger partial charge in [-0.3, -0.25) is 9.48 Å². The van der Waals surface area contributed by atoms with E-state index in [2.05, 4.69) is 22.5 Å². The molecule has 0 fully saturated rings. The van der Waals surface area contributed by atoms with Gasteiger partial charge in [-0.15, -0.1) is 11.8 Å². The van der Waals surface area contributed by atoms with E-state index < -0.39 is 0 Å². The smallest absolute Gasteiger partial charge is 0.233 e. The summed E-state index contributed by atoms with van der Waals surface area (Å²) in [5, 5.41) is 7.09. The molecule has 0 unspecified atom stereocenters. The molecule has 0 saturated heterocycles. The van der Waals surface area contributed by atoms with E-state index in [1.807, 2.05) is 66.3 Å². The Balaban J connectivity index is 1.48. The summed E-state index contributed by atoms with van der Waals surface area (Å²) in [5.41, 5.74) is 2.28. The number of carbonyl (C=O) groups excluding carboxylic acids is 1. The van der Waals surface area contributed by atoms with Gasteiger partial charge in [-0.05, 0) is 36.2 Å². The number of hydrogen-bond donors (Lipinski definition) is 1. The third kappa shape index (κ3) is 5.22. The normalized spacial score (nSPS) is 11.9. The molecule has 128 valence electrons. The van der Waals surface area contributed by atoms with E-state index in [0.717, 1.165) is 17.0 Å². The van der Waals surface area contributed by atoms with Crippen molar-refractivity contribution >= 4 is 17.7 Å². The number of benzene rings is 2. The highest BCUT2D eigenvalue weighted by Gasteiger charge is 2.13. The maximum absolute atomic E-state index is 12.3. The molecule has 1 atom stereocenters. The lowest BCUT2D eigenvalue weighted by Gasteiger charge is -2.12. The van der Waals surface area contributed by atoms with Crippen LogP contribution < -0.4 is 5.32 Å². The number of hydrogen-bond acceptors (Lipinski definition) is 3. The maximum Gasteiger partial charge on any atom is 0.233 e. The fourth-order valence-electron chi connectivity index (χ4n) is 2.43. The molecule has 1 amide bonds. The molecule has 0 radical (unpaired) electrons. The van der Waals surface area contributed by atoms with Gasteiger partial charge < -0.3 is 5.32 Å². The van der Waals surface area contributed by atoms with Crippen LogP contribution in [-0.2, 0) is 17.9 Å². The van der Waals surface area contributed by atoms with E-state index in [0.29, 0.717) is 6.54 Å². The van der Waals surface area contributed by atoms with Crippen LogP contribution in [0.2, 0.25) is 0 Å². The molecule has 2 aromatic carbocycles. The molecule has 1 N–H and O–H groups in total.